The Morgan fingerprint density at radius 3 is 2.60 bits per heavy atom. The van der Waals surface area contributed by atoms with E-state index in [1.807, 2.05) is 20.8 Å². The van der Waals surface area contributed by atoms with Crippen LogP contribution in [0.2, 0.25) is 0 Å². The number of hydrogen-bond acceptors (Lipinski definition) is 5. The van der Waals surface area contributed by atoms with Crippen molar-refractivity contribution in [3.63, 3.8) is 0 Å². The van der Waals surface area contributed by atoms with Crippen LogP contribution in [0.4, 0.5) is 5.69 Å². The van der Waals surface area contributed by atoms with E-state index < -0.39 is 5.97 Å². The van der Waals surface area contributed by atoms with Gasteiger partial charge in [0.1, 0.15) is 5.75 Å². The largest absolute Gasteiger partial charge is 0.494 e. The first-order valence-electron chi connectivity index (χ1n) is 6.42. The summed E-state index contributed by atoms with van der Waals surface area (Å²) in [5.74, 6) is -0.467. The molecule has 0 saturated heterocycles. The predicted octanol–water partition coefficient (Wildman–Crippen LogP) is 1.35. The van der Waals surface area contributed by atoms with Crippen LogP contribution in [-0.2, 0) is 9.53 Å². The standard InChI is InChI=1S/C14H20N2O4/c1-4-19-12-6-10(5-11(15)7-12)14(18)20-8-13(17)16-9(2)3/h5-7,9H,4,8,15H2,1-3H3,(H,16,17). The molecule has 3 N–H and O–H groups in total. The molecule has 0 heterocycles. The van der Waals surface area contributed by atoms with Gasteiger partial charge in [-0.1, -0.05) is 0 Å². The number of carbonyl (C=O) groups excluding carboxylic acids is 2. The van der Waals surface area contributed by atoms with E-state index in [0.29, 0.717) is 18.0 Å². The highest BCUT2D eigenvalue weighted by molar-refractivity contribution is 5.92. The molecule has 20 heavy (non-hydrogen) atoms. The van der Waals surface area contributed by atoms with Gasteiger partial charge in [0, 0.05) is 17.8 Å². The molecule has 6 nitrogen and oxygen atoms in total. The first kappa shape index (κ1) is 15.8. The number of carbonyl (C=O) groups is 2. The van der Waals surface area contributed by atoms with Crippen molar-refractivity contribution >= 4 is 17.6 Å². The zero-order chi connectivity index (χ0) is 15.1. The van der Waals surface area contributed by atoms with Crippen LogP contribution in [-0.4, -0.2) is 31.1 Å². The van der Waals surface area contributed by atoms with E-state index in [9.17, 15) is 9.59 Å². The number of amides is 1. The Labute approximate surface area is 118 Å². The summed E-state index contributed by atoms with van der Waals surface area (Å²) in [6.45, 7) is 5.62. The molecule has 0 spiro atoms. The lowest BCUT2D eigenvalue weighted by Crippen LogP contribution is -2.34. The first-order valence-corrected chi connectivity index (χ1v) is 6.42. The molecule has 0 aromatic heterocycles. The summed E-state index contributed by atoms with van der Waals surface area (Å²) in [4.78, 5) is 23.2. The highest BCUT2D eigenvalue weighted by atomic mass is 16.5. The average molecular weight is 280 g/mol. The second kappa shape index (κ2) is 7.37. The normalized spacial score (nSPS) is 10.2. The van der Waals surface area contributed by atoms with Gasteiger partial charge >= 0.3 is 5.97 Å². The molecule has 0 radical (unpaired) electrons. The van der Waals surface area contributed by atoms with Gasteiger partial charge in [-0.2, -0.15) is 0 Å². The molecule has 1 rings (SSSR count). The molecule has 0 aliphatic carbocycles. The molecule has 0 aliphatic heterocycles. The highest BCUT2D eigenvalue weighted by Crippen LogP contribution is 2.19. The van der Waals surface area contributed by atoms with Gasteiger partial charge in [0.05, 0.1) is 12.2 Å². The van der Waals surface area contributed by atoms with Crippen LogP contribution < -0.4 is 15.8 Å². The number of esters is 1. The van der Waals surface area contributed by atoms with Crippen molar-refractivity contribution in [2.45, 2.75) is 26.8 Å². The van der Waals surface area contributed by atoms with E-state index in [1.54, 1.807) is 6.07 Å². The highest BCUT2D eigenvalue weighted by Gasteiger charge is 2.12. The zero-order valence-corrected chi connectivity index (χ0v) is 11.9. The molecule has 0 unspecified atom stereocenters. The maximum absolute atomic E-state index is 11.8. The van der Waals surface area contributed by atoms with Crippen LogP contribution in [0, 0.1) is 0 Å². The molecule has 0 bridgehead atoms. The molecule has 0 aliphatic rings. The number of benzene rings is 1. The molecular formula is C14H20N2O4. The van der Waals surface area contributed by atoms with Crippen molar-refractivity contribution in [3.8, 4) is 5.75 Å². The lowest BCUT2D eigenvalue weighted by atomic mass is 10.2. The van der Waals surface area contributed by atoms with Gasteiger partial charge in [-0.3, -0.25) is 4.79 Å². The maximum atomic E-state index is 11.8. The van der Waals surface area contributed by atoms with Gasteiger partial charge in [-0.25, -0.2) is 4.79 Å². The number of hydrogen-bond donors (Lipinski definition) is 2. The number of nitrogen functional groups attached to an aromatic ring is 1. The Balaban J connectivity index is 2.65. The predicted molar refractivity (Wildman–Crippen MR) is 75.6 cm³/mol. The van der Waals surface area contributed by atoms with Crippen LogP contribution in [0.15, 0.2) is 18.2 Å². The molecule has 0 atom stereocenters. The summed E-state index contributed by atoms with van der Waals surface area (Å²) in [7, 11) is 0. The van der Waals surface area contributed by atoms with E-state index in [2.05, 4.69) is 5.32 Å². The van der Waals surface area contributed by atoms with Gasteiger partial charge < -0.3 is 20.5 Å². The van der Waals surface area contributed by atoms with Gasteiger partial charge in [0.15, 0.2) is 6.61 Å². The molecule has 0 fully saturated rings. The number of anilines is 1. The van der Waals surface area contributed by atoms with E-state index in [1.165, 1.54) is 12.1 Å². The topological polar surface area (TPSA) is 90.7 Å². The summed E-state index contributed by atoms with van der Waals surface area (Å²) in [5, 5.41) is 2.63. The van der Waals surface area contributed by atoms with E-state index >= 15 is 0 Å². The fraction of sp³-hybridized carbons (Fsp3) is 0.429. The van der Waals surface area contributed by atoms with Crippen molar-refractivity contribution in [2.75, 3.05) is 18.9 Å². The number of nitrogens with one attached hydrogen (secondary N) is 1. The fourth-order valence-electron chi connectivity index (χ4n) is 1.57. The van der Waals surface area contributed by atoms with Gasteiger partial charge in [-0.05, 0) is 32.9 Å². The van der Waals surface area contributed by atoms with Crippen LogP contribution in [0.3, 0.4) is 0 Å². The van der Waals surface area contributed by atoms with Crippen molar-refractivity contribution in [3.05, 3.63) is 23.8 Å². The monoisotopic (exact) mass is 280 g/mol. The number of ether oxygens (including phenoxy) is 2. The van der Waals surface area contributed by atoms with Crippen molar-refractivity contribution < 1.29 is 19.1 Å². The Morgan fingerprint density at radius 2 is 2.00 bits per heavy atom. The summed E-state index contributed by atoms with van der Waals surface area (Å²) in [5.41, 5.74) is 6.34. The Bertz CT molecular complexity index is 486. The molecule has 1 aromatic rings. The number of nitrogens with two attached hydrogens (primary N) is 1. The lowest BCUT2D eigenvalue weighted by Gasteiger charge is -2.10. The molecule has 110 valence electrons. The van der Waals surface area contributed by atoms with Crippen molar-refractivity contribution in [1.82, 2.24) is 5.32 Å². The van der Waals surface area contributed by atoms with E-state index in [4.69, 9.17) is 15.2 Å². The smallest absolute Gasteiger partial charge is 0.338 e. The lowest BCUT2D eigenvalue weighted by molar-refractivity contribution is -0.124. The third kappa shape index (κ3) is 5.17. The molecule has 6 heteroatoms. The van der Waals surface area contributed by atoms with Crippen molar-refractivity contribution in [1.29, 1.82) is 0 Å². The average Bonchev–Trinajstić information content (AvgIpc) is 2.34. The van der Waals surface area contributed by atoms with Gasteiger partial charge in [0.2, 0.25) is 0 Å². The second-order valence-corrected chi connectivity index (χ2v) is 4.52. The molecule has 1 aromatic carbocycles. The Morgan fingerprint density at radius 1 is 1.30 bits per heavy atom. The van der Waals surface area contributed by atoms with Gasteiger partial charge in [-0.15, -0.1) is 0 Å². The summed E-state index contributed by atoms with van der Waals surface area (Å²) in [6.07, 6.45) is 0. The SMILES string of the molecule is CCOc1cc(N)cc(C(=O)OCC(=O)NC(C)C)c1. The van der Waals surface area contributed by atoms with Crippen LogP contribution in [0.5, 0.6) is 5.75 Å². The summed E-state index contributed by atoms with van der Waals surface area (Å²) in [6, 6.07) is 4.62. The molecular weight excluding hydrogens is 260 g/mol. The fourth-order valence-corrected chi connectivity index (χ4v) is 1.57. The Hall–Kier alpha value is -2.24. The minimum atomic E-state index is -0.614. The second-order valence-electron chi connectivity index (χ2n) is 4.52. The third-order valence-corrected chi connectivity index (χ3v) is 2.26. The first-order chi connectivity index (χ1) is 9.42. The minimum Gasteiger partial charge on any atom is -0.494 e. The van der Waals surface area contributed by atoms with Crippen molar-refractivity contribution in [2.24, 2.45) is 0 Å². The minimum absolute atomic E-state index is 0.00173. The van der Waals surface area contributed by atoms with Crippen LogP contribution in [0.1, 0.15) is 31.1 Å². The molecule has 0 saturated carbocycles. The zero-order valence-electron chi connectivity index (χ0n) is 11.9. The van der Waals surface area contributed by atoms with E-state index in [0.717, 1.165) is 0 Å². The third-order valence-electron chi connectivity index (χ3n) is 2.26. The van der Waals surface area contributed by atoms with Crippen LogP contribution in [0.25, 0.3) is 0 Å². The quantitative estimate of drug-likeness (QED) is 0.606. The maximum Gasteiger partial charge on any atom is 0.338 e. The summed E-state index contributed by atoms with van der Waals surface area (Å²) < 4.78 is 10.2. The Kier molecular flexibility index (Phi) is 5.83. The number of rotatable bonds is 6. The van der Waals surface area contributed by atoms with Crippen LogP contribution >= 0.6 is 0 Å². The summed E-state index contributed by atoms with van der Waals surface area (Å²) >= 11 is 0. The molecule has 1 amide bonds. The van der Waals surface area contributed by atoms with E-state index in [-0.39, 0.29) is 24.1 Å². The van der Waals surface area contributed by atoms with Gasteiger partial charge in [0.25, 0.3) is 5.91 Å².